The fraction of sp³-hybridized carbons (Fsp3) is 0.333. The van der Waals surface area contributed by atoms with E-state index in [4.69, 9.17) is 5.73 Å². The summed E-state index contributed by atoms with van der Waals surface area (Å²) in [5.41, 5.74) is 8.56. The monoisotopic (exact) mass is 317 g/mol. The quantitative estimate of drug-likeness (QED) is 0.823. The first-order valence-corrected chi connectivity index (χ1v) is 7.87. The first-order valence-electron chi connectivity index (χ1n) is 6.99. The van der Waals surface area contributed by atoms with Crippen molar-refractivity contribution in [2.24, 2.45) is 0 Å². The molecule has 0 fully saturated rings. The summed E-state index contributed by atoms with van der Waals surface area (Å²) in [4.78, 5) is 24.2. The molecule has 0 aliphatic heterocycles. The summed E-state index contributed by atoms with van der Waals surface area (Å²) in [5, 5.41) is 3.13. The van der Waals surface area contributed by atoms with Gasteiger partial charge in [0.15, 0.2) is 5.16 Å². The van der Waals surface area contributed by atoms with Gasteiger partial charge in [0.05, 0.1) is 5.25 Å². The van der Waals surface area contributed by atoms with Crippen molar-refractivity contribution in [1.82, 2.24) is 15.0 Å². The third-order valence-electron chi connectivity index (χ3n) is 3.12. The van der Waals surface area contributed by atoms with Gasteiger partial charge in [-0.15, -0.1) is 0 Å². The average Bonchev–Trinajstić information content (AvgIpc) is 2.47. The number of nitrogen functional groups attached to an aromatic ring is 1. The Bertz CT molecular complexity index is 677. The lowest BCUT2D eigenvalue weighted by atomic mass is 10.1. The van der Waals surface area contributed by atoms with Crippen molar-refractivity contribution in [3.05, 3.63) is 35.7 Å². The van der Waals surface area contributed by atoms with Crippen LogP contribution >= 0.6 is 11.8 Å². The van der Waals surface area contributed by atoms with Crippen molar-refractivity contribution in [3.8, 4) is 0 Å². The molecule has 0 saturated heterocycles. The third-order valence-corrected chi connectivity index (χ3v) is 4.36. The number of nitrogens with two attached hydrogens (primary N) is 1. The van der Waals surface area contributed by atoms with Crippen molar-refractivity contribution in [2.75, 3.05) is 11.1 Å². The Morgan fingerprint density at radius 3 is 2.77 bits per heavy atom. The Morgan fingerprint density at radius 2 is 2.14 bits per heavy atom. The Hall–Kier alpha value is -2.15. The van der Waals surface area contributed by atoms with E-state index in [9.17, 15) is 4.79 Å². The average molecular weight is 317 g/mol. The van der Waals surface area contributed by atoms with E-state index in [0.717, 1.165) is 16.8 Å². The topological polar surface area (TPSA) is 93.8 Å². The molecule has 116 valence electrons. The molecule has 1 aromatic heterocycles. The normalized spacial score (nSPS) is 12.0. The molecule has 0 bridgehead atoms. The largest absolute Gasteiger partial charge is 0.368 e. The minimum Gasteiger partial charge on any atom is -0.368 e. The van der Waals surface area contributed by atoms with Crippen molar-refractivity contribution in [1.29, 1.82) is 0 Å². The molecular formula is C15H19N5OS. The van der Waals surface area contributed by atoms with Gasteiger partial charge in [0.25, 0.3) is 0 Å². The Labute approximate surface area is 134 Å². The van der Waals surface area contributed by atoms with Crippen molar-refractivity contribution in [2.45, 2.75) is 37.6 Å². The molecule has 0 spiro atoms. The molecule has 0 saturated carbocycles. The lowest BCUT2D eigenvalue weighted by Crippen LogP contribution is -2.25. The summed E-state index contributed by atoms with van der Waals surface area (Å²) in [6.45, 7) is 5.95. The molecule has 6 nitrogen and oxygen atoms in total. The van der Waals surface area contributed by atoms with Gasteiger partial charge in [-0.1, -0.05) is 36.4 Å². The number of nitrogens with zero attached hydrogens (tertiary/aromatic N) is 3. The molecule has 0 aliphatic carbocycles. The van der Waals surface area contributed by atoms with Gasteiger partial charge in [0.2, 0.25) is 11.9 Å². The number of anilines is 2. The molecule has 0 aliphatic rings. The lowest BCUT2D eigenvalue weighted by Gasteiger charge is -2.15. The minimum absolute atomic E-state index is 0.0709. The highest BCUT2D eigenvalue weighted by atomic mass is 32.2. The number of hydrogen-bond donors (Lipinski definition) is 2. The summed E-state index contributed by atoms with van der Waals surface area (Å²) in [5.74, 6) is 0.0839. The van der Waals surface area contributed by atoms with Gasteiger partial charge < -0.3 is 11.1 Å². The molecule has 1 amide bonds. The van der Waals surface area contributed by atoms with Gasteiger partial charge in [-0.05, 0) is 31.9 Å². The zero-order valence-corrected chi connectivity index (χ0v) is 13.6. The number of aryl methyl sites for hydroxylation is 2. The van der Waals surface area contributed by atoms with Crippen molar-refractivity contribution in [3.63, 3.8) is 0 Å². The van der Waals surface area contributed by atoms with Crippen LogP contribution in [0.5, 0.6) is 0 Å². The van der Waals surface area contributed by atoms with Crippen LogP contribution in [0.25, 0.3) is 0 Å². The molecule has 1 unspecified atom stereocenters. The van der Waals surface area contributed by atoms with Gasteiger partial charge in [-0.3, -0.25) is 4.79 Å². The van der Waals surface area contributed by atoms with E-state index in [-0.39, 0.29) is 17.1 Å². The fourth-order valence-corrected chi connectivity index (χ4v) is 2.81. The number of amides is 1. The van der Waals surface area contributed by atoms with E-state index in [1.54, 1.807) is 0 Å². The highest BCUT2D eigenvalue weighted by Gasteiger charge is 2.20. The molecule has 3 N–H and O–H groups in total. The number of aromatic nitrogens is 3. The standard InChI is InChI=1S/C15H19N5OS/c1-4-12(22-15-18-8-17-14(16)20-15)13(21)19-11-6-5-9(2)7-10(11)3/h5-8,12H,4H2,1-3H3,(H,19,21)(H2,16,17,18,20). The number of carbonyl (C=O) groups is 1. The summed E-state index contributed by atoms with van der Waals surface area (Å²) in [6.07, 6.45) is 2.01. The van der Waals surface area contributed by atoms with E-state index < -0.39 is 0 Å². The summed E-state index contributed by atoms with van der Waals surface area (Å²) < 4.78 is 0. The molecule has 2 aromatic rings. The van der Waals surface area contributed by atoms with E-state index in [1.807, 2.05) is 39.0 Å². The number of rotatable bonds is 5. The lowest BCUT2D eigenvalue weighted by molar-refractivity contribution is -0.115. The number of hydrogen-bond acceptors (Lipinski definition) is 6. The smallest absolute Gasteiger partial charge is 0.237 e. The van der Waals surface area contributed by atoms with Gasteiger partial charge in [0, 0.05) is 5.69 Å². The van der Waals surface area contributed by atoms with Crippen LogP contribution in [0.4, 0.5) is 11.6 Å². The first-order chi connectivity index (χ1) is 10.5. The Morgan fingerprint density at radius 1 is 1.36 bits per heavy atom. The predicted molar refractivity (Wildman–Crippen MR) is 88.7 cm³/mol. The maximum absolute atomic E-state index is 12.4. The zero-order valence-electron chi connectivity index (χ0n) is 12.8. The second kappa shape index (κ2) is 7.22. The van der Waals surface area contributed by atoms with Crippen molar-refractivity contribution >= 4 is 29.3 Å². The SMILES string of the molecule is CCC(Sc1ncnc(N)n1)C(=O)Nc1ccc(C)cc1C. The van der Waals surface area contributed by atoms with Crippen LogP contribution in [0, 0.1) is 13.8 Å². The highest BCUT2D eigenvalue weighted by Crippen LogP contribution is 2.24. The van der Waals surface area contributed by atoms with Crippen LogP contribution in [-0.4, -0.2) is 26.1 Å². The summed E-state index contributed by atoms with van der Waals surface area (Å²) in [7, 11) is 0. The van der Waals surface area contributed by atoms with E-state index in [1.165, 1.54) is 18.1 Å². The molecule has 22 heavy (non-hydrogen) atoms. The first kappa shape index (κ1) is 16.2. The number of nitrogens with one attached hydrogen (secondary N) is 1. The minimum atomic E-state index is -0.289. The molecule has 1 heterocycles. The third kappa shape index (κ3) is 4.17. The molecular weight excluding hydrogens is 298 g/mol. The van der Waals surface area contributed by atoms with Crippen LogP contribution in [0.2, 0.25) is 0 Å². The predicted octanol–water partition coefficient (Wildman–Crippen LogP) is 2.58. The maximum Gasteiger partial charge on any atom is 0.237 e. The summed E-state index contributed by atoms with van der Waals surface area (Å²) in [6, 6.07) is 5.93. The highest BCUT2D eigenvalue weighted by molar-refractivity contribution is 8.00. The van der Waals surface area contributed by atoms with Gasteiger partial charge in [-0.2, -0.15) is 4.98 Å². The fourth-order valence-electron chi connectivity index (χ4n) is 1.97. The van der Waals surface area contributed by atoms with Crippen molar-refractivity contribution < 1.29 is 4.79 Å². The van der Waals surface area contributed by atoms with E-state index in [0.29, 0.717) is 11.6 Å². The van der Waals surface area contributed by atoms with Gasteiger partial charge in [-0.25, -0.2) is 9.97 Å². The van der Waals surface area contributed by atoms with Gasteiger partial charge >= 0.3 is 0 Å². The Balaban J connectivity index is 2.08. The van der Waals surface area contributed by atoms with Crippen LogP contribution < -0.4 is 11.1 Å². The van der Waals surface area contributed by atoms with Crippen LogP contribution in [0.1, 0.15) is 24.5 Å². The van der Waals surface area contributed by atoms with Crippen LogP contribution in [-0.2, 0) is 4.79 Å². The molecule has 1 aromatic carbocycles. The second-order valence-corrected chi connectivity index (χ2v) is 6.12. The van der Waals surface area contributed by atoms with Crippen LogP contribution in [0.15, 0.2) is 29.7 Å². The zero-order chi connectivity index (χ0) is 16.1. The van der Waals surface area contributed by atoms with E-state index in [2.05, 4.69) is 20.3 Å². The maximum atomic E-state index is 12.4. The number of benzene rings is 1. The second-order valence-electron chi connectivity index (χ2n) is 4.95. The molecule has 2 rings (SSSR count). The Kier molecular flexibility index (Phi) is 5.32. The summed E-state index contributed by atoms with van der Waals surface area (Å²) >= 11 is 1.28. The molecule has 7 heteroatoms. The van der Waals surface area contributed by atoms with Crippen LogP contribution in [0.3, 0.4) is 0 Å². The molecule has 0 radical (unpaired) electrons. The van der Waals surface area contributed by atoms with Gasteiger partial charge in [0.1, 0.15) is 6.33 Å². The number of thioether (sulfide) groups is 1. The van der Waals surface area contributed by atoms with E-state index >= 15 is 0 Å². The molecule has 1 atom stereocenters. The number of carbonyl (C=O) groups excluding carboxylic acids is 1.